The predicted octanol–water partition coefficient (Wildman–Crippen LogP) is 4.28. The lowest BCUT2D eigenvalue weighted by Gasteiger charge is -2.17. The van der Waals surface area contributed by atoms with Gasteiger partial charge in [0.15, 0.2) is 0 Å². The second kappa shape index (κ2) is 5.62. The summed E-state index contributed by atoms with van der Waals surface area (Å²) in [5.41, 5.74) is 6.92. The standard InChI is InChI=1S/C16H19BrN2O/c1-10-8-11(10)15-6-7-16(20-15)14(9-18)19-13-5-3-2-4-12(13)17/h2-7,10-11,14,19H,8-9,18H2,1H3. The van der Waals surface area contributed by atoms with Gasteiger partial charge in [0.2, 0.25) is 0 Å². The molecule has 3 rings (SSSR count). The molecule has 0 spiro atoms. The van der Waals surface area contributed by atoms with Gasteiger partial charge in [-0.3, -0.25) is 0 Å². The van der Waals surface area contributed by atoms with Crippen molar-refractivity contribution in [1.29, 1.82) is 0 Å². The lowest BCUT2D eigenvalue weighted by molar-refractivity contribution is 0.441. The highest BCUT2D eigenvalue weighted by Crippen LogP contribution is 2.47. The second-order valence-corrected chi connectivity index (χ2v) is 6.33. The molecule has 2 aromatic rings. The van der Waals surface area contributed by atoms with E-state index in [1.54, 1.807) is 0 Å². The van der Waals surface area contributed by atoms with Gasteiger partial charge in [0, 0.05) is 22.6 Å². The Labute approximate surface area is 127 Å². The van der Waals surface area contributed by atoms with Crippen molar-refractivity contribution in [2.75, 3.05) is 11.9 Å². The van der Waals surface area contributed by atoms with Crippen molar-refractivity contribution >= 4 is 21.6 Å². The molecule has 20 heavy (non-hydrogen) atoms. The van der Waals surface area contributed by atoms with E-state index in [1.807, 2.05) is 30.3 Å². The van der Waals surface area contributed by atoms with E-state index in [1.165, 1.54) is 6.42 Å². The number of nitrogens with two attached hydrogens (primary N) is 1. The molecule has 1 fully saturated rings. The Morgan fingerprint density at radius 3 is 2.75 bits per heavy atom. The second-order valence-electron chi connectivity index (χ2n) is 5.47. The summed E-state index contributed by atoms with van der Waals surface area (Å²) in [7, 11) is 0. The minimum atomic E-state index is -0.00324. The van der Waals surface area contributed by atoms with Crippen LogP contribution in [0.15, 0.2) is 45.3 Å². The monoisotopic (exact) mass is 334 g/mol. The summed E-state index contributed by atoms with van der Waals surface area (Å²) in [6.45, 7) is 2.75. The number of benzene rings is 1. The summed E-state index contributed by atoms with van der Waals surface area (Å²) in [4.78, 5) is 0. The third-order valence-electron chi connectivity index (χ3n) is 3.91. The molecule has 3 atom stereocenters. The smallest absolute Gasteiger partial charge is 0.127 e. The van der Waals surface area contributed by atoms with Gasteiger partial charge in [0.1, 0.15) is 11.5 Å². The molecule has 1 aromatic carbocycles. The molecule has 106 valence electrons. The van der Waals surface area contributed by atoms with E-state index in [0.29, 0.717) is 12.5 Å². The number of furan rings is 1. The van der Waals surface area contributed by atoms with Gasteiger partial charge in [-0.15, -0.1) is 0 Å². The Hall–Kier alpha value is -1.26. The molecule has 1 aromatic heterocycles. The molecule has 0 bridgehead atoms. The first-order valence-electron chi connectivity index (χ1n) is 6.99. The Kier molecular flexibility index (Phi) is 3.85. The molecule has 0 aliphatic heterocycles. The lowest BCUT2D eigenvalue weighted by Crippen LogP contribution is -2.20. The van der Waals surface area contributed by atoms with Crippen molar-refractivity contribution in [2.24, 2.45) is 11.7 Å². The molecule has 1 heterocycles. The Morgan fingerprint density at radius 2 is 2.10 bits per heavy atom. The maximum absolute atomic E-state index is 5.99. The first-order valence-corrected chi connectivity index (χ1v) is 7.79. The lowest BCUT2D eigenvalue weighted by atomic mass is 10.2. The molecule has 3 unspecified atom stereocenters. The minimum absolute atomic E-state index is 0.00324. The third-order valence-corrected chi connectivity index (χ3v) is 4.60. The van der Waals surface area contributed by atoms with E-state index in [-0.39, 0.29) is 6.04 Å². The topological polar surface area (TPSA) is 51.2 Å². The highest BCUT2D eigenvalue weighted by atomic mass is 79.9. The molecule has 0 radical (unpaired) electrons. The predicted molar refractivity (Wildman–Crippen MR) is 84.8 cm³/mol. The first-order chi connectivity index (χ1) is 9.69. The Balaban J connectivity index is 1.76. The molecule has 1 saturated carbocycles. The molecular formula is C16H19BrN2O. The SMILES string of the molecule is CC1CC1c1ccc(C(CN)Nc2ccccc2Br)o1. The fourth-order valence-electron chi connectivity index (χ4n) is 2.49. The largest absolute Gasteiger partial charge is 0.464 e. The van der Waals surface area contributed by atoms with Crippen molar-refractivity contribution in [2.45, 2.75) is 25.3 Å². The Morgan fingerprint density at radius 1 is 1.35 bits per heavy atom. The summed E-state index contributed by atoms with van der Waals surface area (Å²) in [5.74, 6) is 3.37. The molecular weight excluding hydrogens is 316 g/mol. The fraction of sp³-hybridized carbons (Fsp3) is 0.375. The van der Waals surface area contributed by atoms with E-state index in [0.717, 1.165) is 27.6 Å². The molecule has 1 aliphatic carbocycles. The average Bonchev–Trinajstić information content (AvgIpc) is 3.00. The maximum Gasteiger partial charge on any atom is 0.127 e. The van der Waals surface area contributed by atoms with E-state index >= 15 is 0 Å². The number of hydrogen-bond donors (Lipinski definition) is 2. The van der Waals surface area contributed by atoms with Gasteiger partial charge in [-0.25, -0.2) is 0 Å². The zero-order chi connectivity index (χ0) is 14.1. The zero-order valence-corrected chi connectivity index (χ0v) is 13.1. The van der Waals surface area contributed by atoms with Crippen molar-refractivity contribution in [3.8, 4) is 0 Å². The minimum Gasteiger partial charge on any atom is -0.464 e. The summed E-state index contributed by atoms with van der Waals surface area (Å²) in [6.07, 6.45) is 1.23. The van der Waals surface area contributed by atoms with E-state index in [9.17, 15) is 0 Å². The van der Waals surface area contributed by atoms with Gasteiger partial charge in [-0.2, -0.15) is 0 Å². The molecule has 1 aliphatic rings. The fourth-order valence-corrected chi connectivity index (χ4v) is 2.88. The van der Waals surface area contributed by atoms with Crippen LogP contribution in [0, 0.1) is 5.92 Å². The van der Waals surface area contributed by atoms with E-state index in [4.69, 9.17) is 10.2 Å². The number of nitrogens with one attached hydrogen (secondary N) is 1. The summed E-state index contributed by atoms with van der Waals surface area (Å²) in [6, 6.07) is 12.2. The van der Waals surface area contributed by atoms with Gasteiger partial charge in [0.25, 0.3) is 0 Å². The first kappa shape index (κ1) is 13.7. The number of para-hydroxylation sites is 1. The number of hydrogen-bond acceptors (Lipinski definition) is 3. The van der Waals surface area contributed by atoms with E-state index in [2.05, 4.69) is 34.2 Å². The highest BCUT2D eigenvalue weighted by molar-refractivity contribution is 9.10. The average molecular weight is 335 g/mol. The van der Waals surface area contributed by atoms with Crippen LogP contribution < -0.4 is 11.1 Å². The summed E-state index contributed by atoms with van der Waals surface area (Å²) >= 11 is 3.54. The number of rotatable bonds is 5. The molecule has 3 nitrogen and oxygen atoms in total. The van der Waals surface area contributed by atoms with Gasteiger partial charge >= 0.3 is 0 Å². The molecule has 0 amide bonds. The van der Waals surface area contributed by atoms with Crippen molar-refractivity contribution in [1.82, 2.24) is 0 Å². The van der Waals surface area contributed by atoms with Crippen LogP contribution in [0.3, 0.4) is 0 Å². The van der Waals surface area contributed by atoms with Crippen LogP contribution in [-0.2, 0) is 0 Å². The van der Waals surface area contributed by atoms with Crippen LogP contribution in [0.25, 0.3) is 0 Å². The quantitative estimate of drug-likeness (QED) is 0.858. The van der Waals surface area contributed by atoms with E-state index < -0.39 is 0 Å². The van der Waals surface area contributed by atoms with Gasteiger partial charge in [-0.1, -0.05) is 19.1 Å². The van der Waals surface area contributed by atoms with Gasteiger partial charge in [0.05, 0.1) is 6.04 Å². The normalized spacial score (nSPS) is 22.6. The number of anilines is 1. The highest BCUT2D eigenvalue weighted by Gasteiger charge is 2.36. The maximum atomic E-state index is 5.99. The van der Waals surface area contributed by atoms with Crippen molar-refractivity contribution in [3.63, 3.8) is 0 Å². The van der Waals surface area contributed by atoms with Crippen LogP contribution in [-0.4, -0.2) is 6.54 Å². The van der Waals surface area contributed by atoms with Crippen molar-refractivity contribution < 1.29 is 4.42 Å². The van der Waals surface area contributed by atoms with Crippen LogP contribution in [0.4, 0.5) is 5.69 Å². The Bertz CT molecular complexity index is 596. The van der Waals surface area contributed by atoms with Crippen LogP contribution in [0.5, 0.6) is 0 Å². The van der Waals surface area contributed by atoms with Crippen LogP contribution >= 0.6 is 15.9 Å². The third kappa shape index (κ3) is 2.76. The van der Waals surface area contributed by atoms with Gasteiger partial charge in [-0.05, 0) is 52.5 Å². The van der Waals surface area contributed by atoms with Crippen LogP contribution in [0.1, 0.15) is 36.8 Å². The summed E-state index contributed by atoms with van der Waals surface area (Å²) in [5, 5.41) is 3.43. The number of halogens is 1. The molecule has 0 saturated heterocycles. The van der Waals surface area contributed by atoms with Gasteiger partial charge < -0.3 is 15.5 Å². The zero-order valence-electron chi connectivity index (χ0n) is 11.5. The molecule has 4 heteroatoms. The van der Waals surface area contributed by atoms with Crippen molar-refractivity contribution in [3.05, 3.63) is 52.4 Å². The molecule has 3 N–H and O–H groups in total. The summed E-state index contributed by atoms with van der Waals surface area (Å²) < 4.78 is 7.01. The van der Waals surface area contributed by atoms with Crippen LogP contribution in [0.2, 0.25) is 0 Å².